The Morgan fingerprint density at radius 2 is 1.88 bits per heavy atom. The third-order valence-electron chi connectivity index (χ3n) is 3.75. The van der Waals surface area contributed by atoms with Gasteiger partial charge in [-0.2, -0.15) is 4.98 Å². The maximum Gasteiger partial charge on any atom is 0.237 e. The van der Waals surface area contributed by atoms with Crippen molar-refractivity contribution in [2.45, 2.75) is 50.4 Å². The van der Waals surface area contributed by atoms with Crippen LogP contribution in [0.4, 0.5) is 0 Å². The number of aromatic nitrogens is 5. The molecule has 8 heteroatoms. The third kappa shape index (κ3) is 3.84. The fraction of sp³-hybridized carbons (Fsp3) is 0.412. The molecule has 2 heterocycles. The summed E-state index contributed by atoms with van der Waals surface area (Å²) in [5.41, 5.74) is 2.05. The summed E-state index contributed by atoms with van der Waals surface area (Å²) in [7, 11) is 0. The molecule has 2 N–H and O–H groups in total. The zero-order valence-corrected chi connectivity index (χ0v) is 15.7. The summed E-state index contributed by atoms with van der Waals surface area (Å²) in [6, 6.07) is 8.16. The zero-order valence-electron chi connectivity index (χ0n) is 14.9. The van der Waals surface area contributed by atoms with Crippen LogP contribution < -0.4 is 5.84 Å². The number of aryl methyl sites for hydroxylation is 1. The summed E-state index contributed by atoms with van der Waals surface area (Å²) >= 11 is 1.42. The second kappa shape index (κ2) is 6.87. The number of hydrogen-bond acceptors (Lipinski definition) is 7. The first-order valence-electron chi connectivity index (χ1n) is 8.14. The summed E-state index contributed by atoms with van der Waals surface area (Å²) in [5, 5.41) is 13.0. The van der Waals surface area contributed by atoms with Crippen LogP contribution in [0.2, 0.25) is 0 Å². The second-order valence-corrected chi connectivity index (χ2v) is 7.72. The van der Waals surface area contributed by atoms with Gasteiger partial charge >= 0.3 is 0 Å². The largest absolute Gasteiger partial charge is 0.338 e. The Morgan fingerprint density at radius 1 is 1.16 bits per heavy atom. The van der Waals surface area contributed by atoms with Gasteiger partial charge in [-0.15, -0.1) is 10.2 Å². The lowest BCUT2D eigenvalue weighted by Gasteiger charge is -2.16. The number of hydrogen-bond donors (Lipinski definition) is 1. The molecule has 3 rings (SSSR count). The Labute approximate surface area is 151 Å². The van der Waals surface area contributed by atoms with Crippen LogP contribution in [0.5, 0.6) is 0 Å². The molecule has 0 saturated heterocycles. The van der Waals surface area contributed by atoms with Crippen LogP contribution in [0, 0.1) is 0 Å². The van der Waals surface area contributed by atoms with Crippen molar-refractivity contribution in [3.8, 4) is 11.4 Å². The van der Waals surface area contributed by atoms with Crippen LogP contribution in [0.1, 0.15) is 45.0 Å². The van der Waals surface area contributed by atoms with E-state index in [0.29, 0.717) is 22.6 Å². The molecule has 0 radical (unpaired) electrons. The van der Waals surface area contributed by atoms with E-state index in [1.807, 2.05) is 32.9 Å². The van der Waals surface area contributed by atoms with E-state index in [2.05, 4.69) is 39.4 Å². The molecule has 0 aliphatic rings. The van der Waals surface area contributed by atoms with Crippen molar-refractivity contribution in [2.75, 3.05) is 5.84 Å². The first-order valence-corrected chi connectivity index (χ1v) is 9.12. The molecular weight excluding hydrogens is 336 g/mol. The molecule has 0 bridgehead atoms. The highest BCUT2D eigenvalue weighted by Crippen LogP contribution is 2.26. The minimum Gasteiger partial charge on any atom is -0.338 e. The first kappa shape index (κ1) is 17.5. The van der Waals surface area contributed by atoms with Gasteiger partial charge in [0, 0.05) is 11.0 Å². The molecule has 25 heavy (non-hydrogen) atoms. The highest BCUT2D eigenvalue weighted by molar-refractivity contribution is 7.98. The molecule has 7 nitrogen and oxygen atoms in total. The lowest BCUT2D eigenvalue weighted by molar-refractivity contribution is 0.391. The number of benzene rings is 1. The van der Waals surface area contributed by atoms with Gasteiger partial charge in [0.2, 0.25) is 16.9 Å². The van der Waals surface area contributed by atoms with E-state index in [-0.39, 0.29) is 5.41 Å². The van der Waals surface area contributed by atoms with Crippen LogP contribution in [-0.4, -0.2) is 25.0 Å². The van der Waals surface area contributed by atoms with Crippen molar-refractivity contribution in [1.82, 2.24) is 25.0 Å². The average Bonchev–Trinajstić information content (AvgIpc) is 3.19. The Morgan fingerprint density at radius 3 is 2.48 bits per heavy atom. The van der Waals surface area contributed by atoms with E-state index in [0.717, 1.165) is 17.8 Å². The summed E-state index contributed by atoms with van der Waals surface area (Å²) in [6.45, 7) is 8.26. The molecule has 0 aliphatic heterocycles. The van der Waals surface area contributed by atoms with Crippen LogP contribution >= 0.6 is 11.8 Å². The minimum atomic E-state index is -0.164. The van der Waals surface area contributed by atoms with Gasteiger partial charge in [-0.3, -0.25) is 0 Å². The molecule has 0 spiro atoms. The van der Waals surface area contributed by atoms with Gasteiger partial charge in [-0.1, -0.05) is 68.9 Å². The molecular formula is C17H22N6OS. The zero-order chi connectivity index (χ0) is 18.0. The topological polar surface area (TPSA) is 95.7 Å². The normalized spacial score (nSPS) is 11.8. The lowest BCUT2D eigenvalue weighted by Crippen LogP contribution is -2.24. The maximum absolute atomic E-state index is 6.08. The van der Waals surface area contributed by atoms with Crippen molar-refractivity contribution >= 4 is 11.8 Å². The van der Waals surface area contributed by atoms with E-state index in [1.54, 1.807) is 0 Å². The summed E-state index contributed by atoms with van der Waals surface area (Å²) in [6.07, 6.45) is 1.00. The lowest BCUT2D eigenvalue weighted by atomic mass is 9.96. The molecule has 132 valence electrons. The number of nitrogen functional groups attached to an aromatic ring is 1. The van der Waals surface area contributed by atoms with Gasteiger partial charge in [0.15, 0.2) is 5.82 Å². The Hall–Kier alpha value is -2.35. The van der Waals surface area contributed by atoms with Crippen molar-refractivity contribution < 1.29 is 4.52 Å². The molecule has 0 amide bonds. The second-order valence-electron chi connectivity index (χ2n) is 6.78. The van der Waals surface area contributed by atoms with Crippen LogP contribution in [0.3, 0.4) is 0 Å². The van der Waals surface area contributed by atoms with Gasteiger partial charge in [0.05, 0.1) is 5.75 Å². The average molecular weight is 358 g/mol. The fourth-order valence-electron chi connectivity index (χ4n) is 2.33. The van der Waals surface area contributed by atoms with Gasteiger partial charge < -0.3 is 10.4 Å². The van der Waals surface area contributed by atoms with Crippen molar-refractivity contribution in [3.05, 3.63) is 41.5 Å². The van der Waals surface area contributed by atoms with E-state index in [1.165, 1.54) is 22.0 Å². The van der Waals surface area contributed by atoms with Crippen molar-refractivity contribution in [2.24, 2.45) is 0 Å². The molecule has 2 aromatic heterocycles. The minimum absolute atomic E-state index is 0.164. The number of thioether (sulfide) groups is 1. The third-order valence-corrected chi connectivity index (χ3v) is 4.68. The van der Waals surface area contributed by atoms with Gasteiger partial charge in [0.1, 0.15) is 0 Å². The number of nitrogens with zero attached hydrogens (tertiary/aromatic N) is 5. The van der Waals surface area contributed by atoms with Crippen molar-refractivity contribution in [3.63, 3.8) is 0 Å². The SMILES string of the molecule is CCc1ccc(-c2noc(CSc3nnc(C(C)(C)C)n3N)n2)cc1. The molecule has 0 unspecified atom stereocenters. The highest BCUT2D eigenvalue weighted by atomic mass is 32.2. The van der Waals surface area contributed by atoms with E-state index in [9.17, 15) is 0 Å². The van der Waals surface area contributed by atoms with Crippen LogP contribution in [0.15, 0.2) is 33.9 Å². The molecule has 0 fully saturated rings. The predicted molar refractivity (Wildman–Crippen MR) is 97.5 cm³/mol. The Balaban J connectivity index is 1.69. The molecule has 1 aromatic carbocycles. The highest BCUT2D eigenvalue weighted by Gasteiger charge is 2.23. The van der Waals surface area contributed by atoms with Crippen LogP contribution in [0.25, 0.3) is 11.4 Å². The molecule has 0 saturated carbocycles. The summed E-state index contributed by atoms with van der Waals surface area (Å²) in [4.78, 5) is 4.44. The summed E-state index contributed by atoms with van der Waals surface area (Å²) < 4.78 is 6.85. The van der Waals surface area contributed by atoms with Gasteiger partial charge in [-0.05, 0) is 12.0 Å². The standard InChI is InChI=1S/C17H22N6OS/c1-5-11-6-8-12(9-7-11)14-19-13(24-22-14)10-25-16-21-20-15(23(16)18)17(2,3)4/h6-9H,5,10,18H2,1-4H3. The smallest absolute Gasteiger partial charge is 0.237 e. The van der Waals surface area contributed by atoms with Crippen LogP contribution in [-0.2, 0) is 17.6 Å². The summed E-state index contributed by atoms with van der Waals surface area (Å²) in [5.74, 6) is 8.41. The van der Waals surface area contributed by atoms with Gasteiger partial charge in [0.25, 0.3) is 0 Å². The Bertz CT molecular complexity index is 847. The maximum atomic E-state index is 6.08. The fourth-order valence-corrected chi connectivity index (χ4v) is 3.03. The molecule has 3 aromatic rings. The monoisotopic (exact) mass is 358 g/mol. The van der Waals surface area contributed by atoms with E-state index in [4.69, 9.17) is 10.4 Å². The van der Waals surface area contributed by atoms with E-state index >= 15 is 0 Å². The number of rotatable bonds is 5. The Kier molecular flexibility index (Phi) is 4.80. The predicted octanol–water partition coefficient (Wildman–Crippen LogP) is 3.19. The molecule has 0 atom stereocenters. The number of nitrogens with two attached hydrogens (primary N) is 1. The van der Waals surface area contributed by atoms with Gasteiger partial charge in [-0.25, -0.2) is 4.68 Å². The first-order chi connectivity index (χ1) is 11.9. The quantitative estimate of drug-likeness (QED) is 0.552. The van der Waals surface area contributed by atoms with E-state index < -0.39 is 0 Å². The van der Waals surface area contributed by atoms with Crippen molar-refractivity contribution in [1.29, 1.82) is 0 Å². The molecule has 0 aliphatic carbocycles.